The molecule has 1 aromatic carbocycles. The minimum absolute atomic E-state index is 0.118. The predicted octanol–water partition coefficient (Wildman–Crippen LogP) is 1.94. The third-order valence-electron chi connectivity index (χ3n) is 2.11. The van der Waals surface area contributed by atoms with Gasteiger partial charge in [-0.3, -0.25) is 0 Å². The lowest BCUT2D eigenvalue weighted by Crippen LogP contribution is -2.14. The summed E-state index contributed by atoms with van der Waals surface area (Å²) in [6.45, 7) is 2.56. The van der Waals surface area contributed by atoms with Crippen molar-refractivity contribution in [2.75, 3.05) is 13.2 Å². The lowest BCUT2D eigenvalue weighted by Gasteiger charge is -2.18. The second-order valence-electron chi connectivity index (χ2n) is 3.41. The van der Waals surface area contributed by atoms with Crippen molar-refractivity contribution < 1.29 is 9.50 Å². The number of nitrogens with two attached hydrogens (primary N) is 1. The first-order chi connectivity index (χ1) is 7.17. The normalized spacial score (nSPS) is 14.9. The number of benzene rings is 1. The van der Waals surface area contributed by atoms with Crippen molar-refractivity contribution in [1.82, 2.24) is 0 Å². The van der Waals surface area contributed by atoms with Crippen molar-refractivity contribution in [3.63, 3.8) is 0 Å². The van der Waals surface area contributed by atoms with Crippen LogP contribution in [0.3, 0.4) is 0 Å². The zero-order valence-electron chi connectivity index (χ0n) is 8.69. The topological polar surface area (TPSA) is 46.2 Å². The molecule has 2 atom stereocenters. The van der Waals surface area contributed by atoms with E-state index in [1.807, 2.05) is 6.92 Å². The molecule has 0 amide bonds. The van der Waals surface area contributed by atoms with Crippen LogP contribution in [-0.4, -0.2) is 23.5 Å². The smallest absolute Gasteiger partial charge is 0.123 e. The van der Waals surface area contributed by atoms with Crippen LogP contribution in [0.25, 0.3) is 0 Å². The van der Waals surface area contributed by atoms with Gasteiger partial charge in [0.1, 0.15) is 5.82 Å². The monoisotopic (exact) mass is 229 g/mol. The molecule has 0 fully saturated rings. The standard InChI is InChI=1S/C11H16FNOS/c1-8(7-14)15-11(6-13)9-2-4-10(12)5-3-9/h2-5,8,11,14H,6-7,13H2,1H3. The van der Waals surface area contributed by atoms with Gasteiger partial charge in [0.25, 0.3) is 0 Å². The summed E-state index contributed by atoms with van der Waals surface area (Å²) in [7, 11) is 0. The molecule has 1 aromatic rings. The molecule has 0 heterocycles. The Morgan fingerprint density at radius 1 is 1.40 bits per heavy atom. The number of rotatable bonds is 5. The zero-order chi connectivity index (χ0) is 11.3. The number of thioether (sulfide) groups is 1. The Morgan fingerprint density at radius 3 is 2.47 bits per heavy atom. The van der Waals surface area contributed by atoms with Crippen molar-refractivity contribution >= 4 is 11.8 Å². The van der Waals surface area contributed by atoms with Gasteiger partial charge in [0.15, 0.2) is 0 Å². The van der Waals surface area contributed by atoms with Gasteiger partial charge in [0.2, 0.25) is 0 Å². The number of halogens is 1. The minimum Gasteiger partial charge on any atom is -0.395 e. The van der Waals surface area contributed by atoms with Crippen LogP contribution < -0.4 is 5.73 Å². The maximum absolute atomic E-state index is 12.7. The summed E-state index contributed by atoms with van der Waals surface area (Å²) in [5, 5.41) is 9.21. The fraction of sp³-hybridized carbons (Fsp3) is 0.455. The van der Waals surface area contributed by atoms with Crippen LogP contribution in [-0.2, 0) is 0 Å². The number of hydrogen-bond donors (Lipinski definition) is 2. The Balaban J connectivity index is 2.69. The number of aliphatic hydroxyl groups is 1. The molecule has 0 saturated carbocycles. The van der Waals surface area contributed by atoms with E-state index in [-0.39, 0.29) is 22.9 Å². The fourth-order valence-corrected chi connectivity index (χ4v) is 2.34. The maximum Gasteiger partial charge on any atom is 0.123 e. The first-order valence-corrected chi connectivity index (χ1v) is 5.83. The summed E-state index contributed by atoms with van der Waals surface area (Å²) >= 11 is 1.61. The molecular formula is C11H16FNOS. The molecule has 0 bridgehead atoms. The van der Waals surface area contributed by atoms with E-state index in [2.05, 4.69) is 0 Å². The second-order valence-corrected chi connectivity index (χ2v) is 5.05. The van der Waals surface area contributed by atoms with Gasteiger partial charge in [0, 0.05) is 17.0 Å². The van der Waals surface area contributed by atoms with E-state index in [4.69, 9.17) is 10.8 Å². The average molecular weight is 229 g/mol. The van der Waals surface area contributed by atoms with E-state index in [0.717, 1.165) is 5.56 Å². The number of hydrogen-bond acceptors (Lipinski definition) is 3. The summed E-state index contributed by atoms with van der Waals surface area (Å²) < 4.78 is 12.7. The molecule has 2 nitrogen and oxygen atoms in total. The summed E-state index contributed by atoms with van der Waals surface area (Å²) in [5.74, 6) is -0.241. The van der Waals surface area contributed by atoms with Gasteiger partial charge < -0.3 is 10.8 Å². The molecular weight excluding hydrogens is 213 g/mol. The first kappa shape index (κ1) is 12.5. The summed E-state index contributed by atoms with van der Waals surface area (Å²) in [6, 6.07) is 6.35. The molecule has 0 spiro atoms. The van der Waals surface area contributed by atoms with Crippen LogP contribution in [0.2, 0.25) is 0 Å². The van der Waals surface area contributed by atoms with Crippen molar-refractivity contribution in [2.24, 2.45) is 5.73 Å². The van der Waals surface area contributed by atoms with Gasteiger partial charge in [0.05, 0.1) is 6.61 Å². The molecule has 0 aliphatic rings. The average Bonchev–Trinajstić information content (AvgIpc) is 2.27. The van der Waals surface area contributed by atoms with Gasteiger partial charge in [-0.1, -0.05) is 19.1 Å². The van der Waals surface area contributed by atoms with Gasteiger partial charge in [-0.25, -0.2) is 4.39 Å². The molecule has 3 N–H and O–H groups in total. The first-order valence-electron chi connectivity index (χ1n) is 4.89. The molecule has 0 radical (unpaired) electrons. The van der Waals surface area contributed by atoms with Crippen LogP contribution in [0.1, 0.15) is 17.7 Å². The Hall–Kier alpha value is -0.580. The molecule has 4 heteroatoms. The third-order valence-corrected chi connectivity index (χ3v) is 3.52. The Bertz CT molecular complexity index is 291. The second kappa shape index (κ2) is 6.10. The Labute approximate surface area is 93.7 Å². The molecule has 0 aromatic heterocycles. The third kappa shape index (κ3) is 3.81. The molecule has 15 heavy (non-hydrogen) atoms. The highest BCUT2D eigenvalue weighted by atomic mass is 32.2. The summed E-state index contributed by atoms with van der Waals surface area (Å²) in [6.07, 6.45) is 0. The van der Waals surface area contributed by atoms with E-state index in [1.165, 1.54) is 12.1 Å². The van der Waals surface area contributed by atoms with Crippen molar-refractivity contribution in [3.8, 4) is 0 Å². The largest absolute Gasteiger partial charge is 0.395 e. The van der Waals surface area contributed by atoms with Crippen LogP contribution in [0, 0.1) is 5.82 Å². The zero-order valence-corrected chi connectivity index (χ0v) is 9.51. The summed E-state index contributed by atoms with van der Waals surface area (Å²) in [4.78, 5) is 0. The van der Waals surface area contributed by atoms with Crippen molar-refractivity contribution in [2.45, 2.75) is 17.4 Å². The van der Waals surface area contributed by atoms with E-state index in [0.29, 0.717) is 6.54 Å². The van der Waals surface area contributed by atoms with E-state index >= 15 is 0 Å². The predicted molar refractivity (Wildman–Crippen MR) is 62.3 cm³/mol. The van der Waals surface area contributed by atoms with E-state index in [9.17, 15) is 4.39 Å². The Morgan fingerprint density at radius 2 is 2.00 bits per heavy atom. The fourth-order valence-electron chi connectivity index (χ4n) is 1.27. The number of aliphatic hydroxyl groups excluding tert-OH is 1. The van der Waals surface area contributed by atoms with Gasteiger partial charge >= 0.3 is 0 Å². The summed E-state index contributed by atoms with van der Waals surface area (Å²) in [5.41, 5.74) is 6.65. The van der Waals surface area contributed by atoms with Crippen LogP contribution in [0.4, 0.5) is 4.39 Å². The maximum atomic E-state index is 12.7. The van der Waals surface area contributed by atoms with Crippen LogP contribution in [0.15, 0.2) is 24.3 Å². The van der Waals surface area contributed by atoms with Gasteiger partial charge in [-0.15, -0.1) is 11.8 Å². The molecule has 0 aliphatic heterocycles. The van der Waals surface area contributed by atoms with Gasteiger partial charge in [-0.2, -0.15) is 0 Å². The highest BCUT2D eigenvalue weighted by molar-refractivity contribution is 8.00. The molecule has 0 saturated heterocycles. The van der Waals surface area contributed by atoms with Crippen molar-refractivity contribution in [3.05, 3.63) is 35.6 Å². The lowest BCUT2D eigenvalue weighted by atomic mass is 10.1. The van der Waals surface area contributed by atoms with Crippen LogP contribution >= 0.6 is 11.8 Å². The van der Waals surface area contributed by atoms with E-state index in [1.54, 1.807) is 23.9 Å². The van der Waals surface area contributed by atoms with E-state index < -0.39 is 0 Å². The molecule has 84 valence electrons. The highest BCUT2D eigenvalue weighted by Gasteiger charge is 2.13. The van der Waals surface area contributed by atoms with Gasteiger partial charge in [-0.05, 0) is 17.7 Å². The Kier molecular flexibility index (Phi) is 5.08. The quantitative estimate of drug-likeness (QED) is 0.811. The molecule has 1 rings (SSSR count). The highest BCUT2D eigenvalue weighted by Crippen LogP contribution is 2.31. The van der Waals surface area contributed by atoms with Crippen molar-refractivity contribution in [1.29, 1.82) is 0 Å². The van der Waals surface area contributed by atoms with Crippen LogP contribution in [0.5, 0.6) is 0 Å². The lowest BCUT2D eigenvalue weighted by molar-refractivity contribution is 0.300. The molecule has 0 aliphatic carbocycles. The molecule has 2 unspecified atom stereocenters. The minimum atomic E-state index is -0.241. The SMILES string of the molecule is CC(CO)SC(CN)c1ccc(F)cc1.